The predicted octanol–water partition coefficient (Wildman–Crippen LogP) is 1.33. The second kappa shape index (κ2) is 5.14. The van der Waals surface area contributed by atoms with E-state index in [4.69, 9.17) is 9.84 Å². The molecule has 0 aliphatic heterocycles. The molecule has 1 aliphatic carbocycles. The van der Waals surface area contributed by atoms with E-state index >= 15 is 0 Å². The van der Waals surface area contributed by atoms with Crippen molar-refractivity contribution in [3.8, 4) is 0 Å². The number of pyridine rings is 1. The molecule has 1 aliphatic rings. The zero-order chi connectivity index (χ0) is 12.3. The number of aryl methyl sites for hydroxylation is 2. The topological polar surface area (TPSA) is 71.5 Å². The van der Waals surface area contributed by atoms with Gasteiger partial charge in [-0.25, -0.2) is 9.78 Å². The van der Waals surface area contributed by atoms with Crippen LogP contribution in [0.15, 0.2) is 6.07 Å². The first kappa shape index (κ1) is 11.9. The highest BCUT2D eigenvalue weighted by molar-refractivity contribution is 5.93. The van der Waals surface area contributed by atoms with Gasteiger partial charge in [0.05, 0.1) is 6.61 Å². The Hall–Kier alpha value is -1.62. The Labute approximate surface area is 99.8 Å². The third-order valence-corrected chi connectivity index (χ3v) is 2.88. The van der Waals surface area contributed by atoms with Gasteiger partial charge in [-0.15, -0.1) is 0 Å². The van der Waals surface area contributed by atoms with Gasteiger partial charge >= 0.3 is 5.97 Å². The van der Waals surface area contributed by atoms with E-state index in [-0.39, 0.29) is 5.56 Å². The normalized spacial score (nSPS) is 13.5. The number of fused-ring (bicyclic) bond motifs is 1. The first-order chi connectivity index (χ1) is 8.22. The fraction of sp³-hybridized carbons (Fsp3) is 0.500. The molecule has 0 unspecified atom stereocenters. The number of aromatic carboxylic acids is 1. The summed E-state index contributed by atoms with van der Waals surface area (Å²) in [5, 5.41) is 12.2. The van der Waals surface area contributed by atoms with Crippen molar-refractivity contribution in [1.82, 2.24) is 4.98 Å². The van der Waals surface area contributed by atoms with Gasteiger partial charge in [-0.1, -0.05) is 0 Å². The van der Waals surface area contributed by atoms with Gasteiger partial charge in [0.15, 0.2) is 0 Å². The van der Waals surface area contributed by atoms with Crippen LogP contribution < -0.4 is 5.32 Å². The van der Waals surface area contributed by atoms with Gasteiger partial charge in [0.2, 0.25) is 0 Å². The molecule has 0 atom stereocenters. The number of nitrogens with one attached hydrogen (secondary N) is 1. The zero-order valence-electron chi connectivity index (χ0n) is 9.82. The average Bonchev–Trinajstić information content (AvgIpc) is 2.75. The first-order valence-corrected chi connectivity index (χ1v) is 5.71. The summed E-state index contributed by atoms with van der Waals surface area (Å²) in [5.74, 6) is -0.484. The van der Waals surface area contributed by atoms with Crippen molar-refractivity contribution in [3.05, 3.63) is 22.9 Å². The standard InChI is InChI=1S/C12H16N2O3/c1-17-6-5-13-11-9(12(15)16)7-8-3-2-4-10(8)14-11/h7H,2-6H2,1H3,(H,13,14)(H,15,16). The zero-order valence-corrected chi connectivity index (χ0v) is 9.82. The van der Waals surface area contributed by atoms with Crippen LogP contribution in [0.2, 0.25) is 0 Å². The van der Waals surface area contributed by atoms with Crippen LogP contribution >= 0.6 is 0 Å². The number of ether oxygens (including phenoxy) is 1. The molecular formula is C12H16N2O3. The second-order valence-corrected chi connectivity index (χ2v) is 4.07. The smallest absolute Gasteiger partial charge is 0.339 e. The molecule has 92 valence electrons. The van der Waals surface area contributed by atoms with Crippen molar-refractivity contribution in [1.29, 1.82) is 0 Å². The monoisotopic (exact) mass is 236 g/mol. The minimum Gasteiger partial charge on any atom is -0.478 e. The van der Waals surface area contributed by atoms with Crippen molar-refractivity contribution in [3.63, 3.8) is 0 Å². The van der Waals surface area contributed by atoms with Gasteiger partial charge in [0.1, 0.15) is 11.4 Å². The van der Waals surface area contributed by atoms with E-state index in [9.17, 15) is 4.79 Å². The van der Waals surface area contributed by atoms with Crippen molar-refractivity contribution in [2.75, 3.05) is 25.6 Å². The molecule has 0 amide bonds. The largest absolute Gasteiger partial charge is 0.478 e. The van der Waals surface area contributed by atoms with Gasteiger partial charge in [-0.2, -0.15) is 0 Å². The fourth-order valence-corrected chi connectivity index (χ4v) is 2.04. The lowest BCUT2D eigenvalue weighted by molar-refractivity contribution is 0.0697. The molecule has 0 radical (unpaired) electrons. The Morgan fingerprint density at radius 2 is 2.41 bits per heavy atom. The van der Waals surface area contributed by atoms with E-state index in [1.807, 2.05) is 0 Å². The summed E-state index contributed by atoms with van der Waals surface area (Å²) in [6.45, 7) is 1.08. The molecule has 2 rings (SSSR count). The molecule has 0 saturated heterocycles. The molecule has 0 bridgehead atoms. The third-order valence-electron chi connectivity index (χ3n) is 2.88. The number of nitrogens with zero attached hydrogens (tertiary/aromatic N) is 1. The summed E-state index contributed by atoms with van der Waals surface area (Å²) in [7, 11) is 1.61. The number of anilines is 1. The first-order valence-electron chi connectivity index (χ1n) is 5.71. The van der Waals surface area contributed by atoms with Crippen molar-refractivity contribution >= 4 is 11.8 Å². The molecular weight excluding hydrogens is 220 g/mol. The maximum Gasteiger partial charge on any atom is 0.339 e. The van der Waals surface area contributed by atoms with Crippen molar-refractivity contribution in [2.24, 2.45) is 0 Å². The number of hydrogen-bond donors (Lipinski definition) is 2. The number of carboxylic acid groups (broad SMARTS) is 1. The van der Waals surface area contributed by atoms with Crippen molar-refractivity contribution < 1.29 is 14.6 Å². The highest BCUT2D eigenvalue weighted by atomic mass is 16.5. The lowest BCUT2D eigenvalue weighted by Crippen LogP contribution is -2.14. The lowest BCUT2D eigenvalue weighted by Gasteiger charge is -2.10. The van der Waals surface area contributed by atoms with E-state index in [0.29, 0.717) is 19.0 Å². The number of hydrogen-bond acceptors (Lipinski definition) is 4. The Bertz CT molecular complexity index is 432. The summed E-state index contributed by atoms with van der Waals surface area (Å²) in [5.41, 5.74) is 2.34. The van der Waals surface area contributed by atoms with Crippen LogP contribution in [-0.4, -0.2) is 36.3 Å². The molecule has 0 saturated carbocycles. The highest BCUT2D eigenvalue weighted by Gasteiger charge is 2.19. The van der Waals surface area contributed by atoms with E-state index in [0.717, 1.165) is 30.5 Å². The molecule has 0 fully saturated rings. The number of carbonyl (C=O) groups is 1. The maximum atomic E-state index is 11.1. The number of carboxylic acids is 1. The molecule has 5 nitrogen and oxygen atoms in total. The fourth-order valence-electron chi connectivity index (χ4n) is 2.04. The molecule has 2 N–H and O–H groups in total. The van der Waals surface area contributed by atoms with Crippen LogP contribution in [0.1, 0.15) is 28.0 Å². The quantitative estimate of drug-likeness (QED) is 0.754. The molecule has 0 aromatic carbocycles. The highest BCUT2D eigenvalue weighted by Crippen LogP contribution is 2.25. The minimum absolute atomic E-state index is 0.252. The van der Waals surface area contributed by atoms with E-state index < -0.39 is 5.97 Å². The average molecular weight is 236 g/mol. The minimum atomic E-state index is -0.938. The molecule has 1 heterocycles. The Kier molecular flexibility index (Phi) is 3.58. The molecule has 0 spiro atoms. The Morgan fingerprint density at radius 1 is 1.59 bits per heavy atom. The van der Waals surface area contributed by atoms with E-state index in [1.165, 1.54) is 0 Å². The maximum absolute atomic E-state index is 11.1. The summed E-state index contributed by atoms with van der Waals surface area (Å²) in [6.07, 6.45) is 2.93. The van der Waals surface area contributed by atoms with E-state index in [1.54, 1.807) is 13.2 Å². The summed E-state index contributed by atoms with van der Waals surface area (Å²) < 4.78 is 4.92. The summed E-state index contributed by atoms with van der Waals surface area (Å²) in [6, 6.07) is 1.74. The van der Waals surface area contributed by atoms with Crippen LogP contribution in [0.25, 0.3) is 0 Å². The van der Waals surface area contributed by atoms with Crippen LogP contribution in [0.4, 0.5) is 5.82 Å². The van der Waals surface area contributed by atoms with Crippen LogP contribution in [-0.2, 0) is 17.6 Å². The second-order valence-electron chi connectivity index (χ2n) is 4.07. The Balaban J connectivity index is 2.25. The summed E-state index contributed by atoms with van der Waals surface area (Å²) in [4.78, 5) is 15.5. The number of aromatic nitrogens is 1. The molecule has 1 aromatic rings. The number of rotatable bonds is 5. The van der Waals surface area contributed by atoms with Gasteiger partial charge in [0.25, 0.3) is 0 Å². The number of methoxy groups -OCH3 is 1. The van der Waals surface area contributed by atoms with Crippen molar-refractivity contribution in [2.45, 2.75) is 19.3 Å². The molecule has 5 heteroatoms. The third kappa shape index (κ3) is 2.55. The van der Waals surface area contributed by atoms with Gasteiger partial charge in [-0.05, 0) is 30.9 Å². The SMILES string of the molecule is COCCNc1nc2c(cc1C(=O)O)CCC2. The van der Waals surface area contributed by atoms with E-state index in [2.05, 4.69) is 10.3 Å². The molecule has 1 aromatic heterocycles. The van der Waals surface area contributed by atoms with Crippen LogP contribution in [0.3, 0.4) is 0 Å². The van der Waals surface area contributed by atoms with Crippen LogP contribution in [0.5, 0.6) is 0 Å². The van der Waals surface area contributed by atoms with Gasteiger partial charge < -0.3 is 15.2 Å². The predicted molar refractivity (Wildman–Crippen MR) is 63.6 cm³/mol. The van der Waals surface area contributed by atoms with Crippen LogP contribution in [0, 0.1) is 0 Å². The molecule has 17 heavy (non-hydrogen) atoms. The Morgan fingerprint density at radius 3 is 3.12 bits per heavy atom. The lowest BCUT2D eigenvalue weighted by atomic mass is 10.1. The van der Waals surface area contributed by atoms with Gasteiger partial charge in [0, 0.05) is 19.3 Å². The summed E-state index contributed by atoms with van der Waals surface area (Å²) >= 11 is 0. The van der Waals surface area contributed by atoms with Gasteiger partial charge in [-0.3, -0.25) is 0 Å².